The molecule has 2 aliphatic rings. The van der Waals surface area contributed by atoms with E-state index < -0.39 is 0 Å². The van der Waals surface area contributed by atoms with E-state index in [1.807, 2.05) is 6.92 Å². The highest BCUT2D eigenvalue weighted by molar-refractivity contribution is 5.94. The second-order valence-corrected chi connectivity index (χ2v) is 6.18. The Labute approximate surface area is 134 Å². The topological polar surface area (TPSA) is 84.2 Å². The fraction of sp³-hybridized carbons (Fsp3) is 0.562. The first-order chi connectivity index (χ1) is 11.2. The predicted octanol–water partition coefficient (Wildman–Crippen LogP) is 1.80. The molecule has 0 bridgehead atoms. The lowest BCUT2D eigenvalue weighted by Gasteiger charge is -2.34. The van der Waals surface area contributed by atoms with Gasteiger partial charge in [-0.25, -0.2) is 4.98 Å². The lowest BCUT2D eigenvalue weighted by Crippen LogP contribution is -2.44. The fourth-order valence-corrected chi connectivity index (χ4v) is 3.36. The Morgan fingerprint density at radius 3 is 3.09 bits per heavy atom. The van der Waals surface area contributed by atoms with Gasteiger partial charge in [0.2, 0.25) is 0 Å². The number of hydrogen-bond donors (Lipinski definition) is 1. The van der Waals surface area contributed by atoms with Crippen LogP contribution in [0.2, 0.25) is 0 Å². The highest BCUT2D eigenvalue weighted by atomic mass is 16.5. The normalized spacial score (nSPS) is 21.3. The van der Waals surface area contributed by atoms with Gasteiger partial charge in [0.1, 0.15) is 17.6 Å². The Bertz CT molecular complexity index is 721. The Morgan fingerprint density at radius 2 is 2.26 bits per heavy atom. The zero-order chi connectivity index (χ0) is 15.8. The molecule has 1 aliphatic carbocycles. The van der Waals surface area contributed by atoms with Crippen molar-refractivity contribution in [3.05, 3.63) is 34.7 Å². The molecule has 1 N–H and O–H groups in total. The highest BCUT2D eigenvalue weighted by Gasteiger charge is 2.35. The van der Waals surface area contributed by atoms with Gasteiger partial charge in [-0.05, 0) is 26.2 Å². The number of ether oxygens (including phenoxy) is 1. The monoisotopic (exact) mass is 316 g/mol. The van der Waals surface area contributed by atoms with E-state index in [0.29, 0.717) is 25.5 Å². The second-order valence-electron chi connectivity index (χ2n) is 6.18. The number of imidazole rings is 1. The third kappa shape index (κ3) is 2.55. The molecule has 1 amide bonds. The molecular weight excluding hydrogens is 296 g/mol. The molecule has 1 aliphatic heterocycles. The Morgan fingerprint density at radius 1 is 1.39 bits per heavy atom. The third-order valence-electron chi connectivity index (χ3n) is 4.58. The van der Waals surface area contributed by atoms with Crippen molar-refractivity contribution >= 4 is 5.91 Å². The zero-order valence-electron chi connectivity index (χ0n) is 13.2. The van der Waals surface area contributed by atoms with E-state index in [-0.39, 0.29) is 11.9 Å². The molecule has 0 unspecified atom stereocenters. The molecule has 3 heterocycles. The van der Waals surface area contributed by atoms with Gasteiger partial charge in [0.15, 0.2) is 5.69 Å². The van der Waals surface area contributed by atoms with Crippen molar-refractivity contribution < 1.29 is 14.1 Å². The molecule has 7 nitrogen and oxygen atoms in total. The molecule has 23 heavy (non-hydrogen) atoms. The number of hydrogen-bond acceptors (Lipinski definition) is 5. The molecule has 122 valence electrons. The van der Waals surface area contributed by atoms with Crippen molar-refractivity contribution in [1.29, 1.82) is 0 Å². The van der Waals surface area contributed by atoms with Crippen LogP contribution in [-0.4, -0.2) is 45.7 Å². The first-order valence-corrected chi connectivity index (χ1v) is 8.11. The number of carbonyl (C=O) groups excluding carboxylic acids is 1. The lowest BCUT2D eigenvalue weighted by atomic mass is 9.96. The molecule has 0 aromatic carbocycles. The largest absolute Gasteiger partial charge is 0.377 e. The number of aromatic amines is 1. The van der Waals surface area contributed by atoms with E-state index in [1.165, 1.54) is 0 Å². The third-order valence-corrected chi connectivity index (χ3v) is 4.58. The van der Waals surface area contributed by atoms with Gasteiger partial charge in [0, 0.05) is 30.4 Å². The lowest BCUT2D eigenvalue weighted by molar-refractivity contribution is -0.00555. The Hall–Kier alpha value is -2.15. The molecule has 1 atom stereocenters. The highest BCUT2D eigenvalue weighted by Crippen LogP contribution is 2.28. The van der Waals surface area contributed by atoms with E-state index >= 15 is 0 Å². The van der Waals surface area contributed by atoms with Gasteiger partial charge in [-0.1, -0.05) is 5.16 Å². The van der Waals surface area contributed by atoms with Gasteiger partial charge in [0.25, 0.3) is 5.91 Å². The summed E-state index contributed by atoms with van der Waals surface area (Å²) in [6.07, 6.45) is 5.69. The summed E-state index contributed by atoms with van der Waals surface area (Å²) in [5.41, 5.74) is 2.42. The molecule has 0 spiro atoms. The predicted molar refractivity (Wildman–Crippen MR) is 81.1 cm³/mol. The standard InChI is InChI=1S/C16H20N4O3/c1-10-8-17-15(18-10)12-9-22-7-6-20(12)16(21)14-11-4-2-3-5-13(11)23-19-14/h8,12H,2-7,9H2,1H3,(H,17,18)/t12-/m0/s1. The van der Waals surface area contributed by atoms with Gasteiger partial charge in [-0.3, -0.25) is 4.79 Å². The number of fused-ring (bicyclic) bond motifs is 1. The van der Waals surface area contributed by atoms with E-state index in [0.717, 1.165) is 48.5 Å². The molecule has 2 aromatic rings. The molecule has 1 saturated heterocycles. The summed E-state index contributed by atoms with van der Waals surface area (Å²) in [5.74, 6) is 1.55. The Kier molecular flexibility index (Phi) is 3.65. The van der Waals surface area contributed by atoms with Gasteiger partial charge in [-0.15, -0.1) is 0 Å². The van der Waals surface area contributed by atoms with E-state index in [2.05, 4.69) is 15.1 Å². The van der Waals surface area contributed by atoms with E-state index in [4.69, 9.17) is 9.26 Å². The molecule has 2 aromatic heterocycles. The minimum Gasteiger partial charge on any atom is -0.377 e. The average Bonchev–Trinajstić information content (AvgIpc) is 3.20. The quantitative estimate of drug-likeness (QED) is 0.913. The summed E-state index contributed by atoms with van der Waals surface area (Å²) < 4.78 is 11.0. The maximum absolute atomic E-state index is 13.0. The number of nitrogens with zero attached hydrogens (tertiary/aromatic N) is 3. The van der Waals surface area contributed by atoms with Crippen molar-refractivity contribution in [3.63, 3.8) is 0 Å². The van der Waals surface area contributed by atoms with Crippen molar-refractivity contribution in [1.82, 2.24) is 20.0 Å². The van der Waals surface area contributed by atoms with Crippen LogP contribution in [0.25, 0.3) is 0 Å². The van der Waals surface area contributed by atoms with Crippen LogP contribution in [0, 0.1) is 6.92 Å². The van der Waals surface area contributed by atoms with Gasteiger partial charge in [-0.2, -0.15) is 0 Å². The van der Waals surface area contributed by atoms with E-state index in [9.17, 15) is 4.79 Å². The minimum absolute atomic E-state index is 0.0840. The number of aryl methyl sites for hydroxylation is 2. The average molecular weight is 316 g/mol. The van der Waals surface area contributed by atoms with Crippen LogP contribution in [0.1, 0.15) is 52.2 Å². The van der Waals surface area contributed by atoms with Crippen LogP contribution in [0.5, 0.6) is 0 Å². The van der Waals surface area contributed by atoms with Crippen LogP contribution in [0.4, 0.5) is 0 Å². The number of rotatable bonds is 2. The summed E-state index contributed by atoms with van der Waals surface area (Å²) in [4.78, 5) is 22.4. The molecule has 1 fully saturated rings. The summed E-state index contributed by atoms with van der Waals surface area (Å²) >= 11 is 0. The van der Waals surface area contributed by atoms with Gasteiger partial charge in [0.05, 0.1) is 13.2 Å². The maximum atomic E-state index is 13.0. The Balaban J connectivity index is 1.64. The number of nitrogens with one attached hydrogen (secondary N) is 1. The molecule has 0 radical (unpaired) electrons. The minimum atomic E-state index is -0.208. The van der Waals surface area contributed by atoms with Crippen molar-refractivity contribution in [3.8, 4) is 0 Å². The van der Waals surface area contributed by atoms with Crippen LogP contribution < -0.4 is 0 Å². The summed E-state index contributed by atoms with van der Waals surface area (Å²) in [6, 6.07) is -0.208. The van der Waals surface area contributed by atoms with E-state index in [1.54, 1.807) is 11.1 Å². The first kappa shape index (κ1) is 14.4. The number of morpholine rings is 1. The SMILES string of the molecule is Cc1cnc([C@@H]2COCCN2C(=O)c2noc3c2CCCC3)[nH]1. The molecule has 0 saturated carbocycles. The van der Waals surface area contributed by atoms with Crippen LogP contribution >= 0.6 is 0 Å². The molecule has 7 heteroatoms. The number of H-pyrrole nitrogens is 1. The van der Waals surface area contributed by atoms with Crippen LogP contribution in [0.15, 0.2) is 10.7 Å². The molecule has 4 rings (SSSR count). The maximum Gasteiger partial charge on any atom is 0.277 e. The van der Waals surface area contributed by atoms with Crippen LogP contribution in [-0.2, 0) is 17.6 Å². The summed E-state index contributed by atoms with van der Waals surface area (Å²) in [5, 5.41) is 4.07. The van der Waals surface area contributed by atoms with Crippen LogP contribution in [0.3, 0.4) is 0 Å². The van der Waals surface area contributed by atoms with Crippen molar-refractivity contribution in [2.24, 2.45) is 0 Å². The van der Waals surface area contributed by atoms with Crippen molar-refractivity contribution in [2.75, 3.05) is 19.8 Å². The van der Waals surface area contributed by atoms with Gasteiger partial charge >= 0.3 is 0 Å². The second kappa shape index (κ2) is 5.81. The number of carbonyl (C=O) groups is 1. The fourth-order valence-electron chi connectivity index (χ4n) is 3.36. The summed E-state index contributed by atoms with van der Waals surface area (Å²) in [7, 11) is 0. The van der Waals surface area contributed by atoms with Crippen molar-refractivity contribution in [2.45, 2.75) is 38.6 Å². The van der Waals surface area contributed by atoms with Gasteiger partial charge < -0.3 is 19.1 Å². The smallest absolute Gasteiger partial charge is 0.277 e. The molecular formula is C16H20N4O3. The number of aromatic nitrogens is 3. The zero-order valence-corrected chi connectivity index (χ0v) is 13.2. The number of amides is 1. The summed E-state index contributed by atoms with van der Waals surface area (Å²) in [6.45, 7) is 3.45. The first-order valence-electron chi connectivity index (χ1n) is 8.11.